The Morgan fingerprint density at radius 2 is 2.19 bits per heavy atom. The first-order valence-electron chi connectivity index (χ1n) is 5.14. The fraction of sp³-hybridized carbons (Fsp3) is 0.417. The van der Waals surface area contributed by atoms with Crippen molar-refractivity contribution >= 4 is 5.90 Å². The van der Waals surface area contributed by atoms with E-state index in [2.05, 4.69) is 0 Å². The van der Waals surface area contributed by atoms with Gasteiger partial charge >= 0.3 is 0 Å². The van der Waals surface area contributed by atoms with E-state index >= 15 is 0 Å². The van der Waals surface area contributed by atoms with E-state index < -0.39 is 6.10 Å². The second-order valence-corrected chi connectivity index (χ2v) is 3.45. The van der Waals surface area contributed by atoms with Crippen molar-refractivity contribution in [3.8, 4) is 5.75 Å². The van der Waals surface area contributed by atoms with E-state index in [1.165, 1.54) is 7.11 Å². The summed E-state index contributed by atoms with van der Waals surface area (Å²) in [5.41, 5.74) is 1.56. The lowest BCUT2D eigenvalue weighted by Gasteiger charge is -2.16. The summed E-state index contributed by atoms with van der Waals surface area (Å²) in [7, 11) is 1.53. The molecule has 0 radical (unpaired) electrons. The highest BCUT2D eigenvalue weighted by atomic mass is 16.5. The first-order valence-corrected chi connectivity index (χ1v) is 5.14. The van der Waals surface area contributed by atoms with Crippen molar-refractivity contribution in [3.05, 3.63) is 29.3 Å². The Balaban J connectivity index is 3.01. The molecule has 0 saturated carbocycles. The standard InChI is InChI=1S/C12H17NO3/c1-4-16-12(13)11(14)9-7-8(2)5-6-10(9)15-3/h5-7,11,13-14H,4H2,1-3H3/t11-/m0/s1. The fourth-order valence-corrected chi connectivity index (χ4v) is 1.44. The number of aliphatic hydroxyl groups excluding tert-OH is 1. The van der Waals surface area contributed by atoms with E-state index in [1.807, 2.05) is 13.0 Å². The molecular formula is C12H17NO3. The van der Waals surface area contributed by atoms with Gasteiger partial charge in [-0.1, -0.05) is 11.6 Å². The summed E-state index contributed by atoms with van der Waals surface area (Å²) in [6.45, 7) is 4.05. The number of nitrogens with one attached hydrogen (secondary N) is 1. The fourth-order valence-electron chi connectivity index (χ4n) is 1.44. The van der Waals surface area contributed by atoms with Gasteiger partial charge in [0.2, 0.25) is 5.90 Å². The van der Waals surface area contributed by atoms with Crippen LogP contribution in [0.3, 0.4) is 0 Å². The van der Waals surface area contributed by atoms with Crippen molar-refractivity contribution in [2.24, 2.45) is 0 Å². The number of rotatable bonds is 4. The zero-order chi connectivity index (χ0) is 12.1. The Morgan fingerprint density at radius 3 is 2.75 bits per heavy atom. The van der Waals surface area contributed by atoms with E-state index in [4.69, 9.17) is 14.9 Å². The van der Waals surface area contributed by atoms with Crippen LogP contribution in [0.15, 0.2) is 18.2 Å². The van der Waals surface area contributed by atoms with Crippen LogP contribution in [0.25, 0.3) is 0 Å². The van der Waals surface area contributed by atoms with E-state index in [0.29, 0.717) is 17.9 Å². The van der Waals surface area contributed by atoms with E-state index in [0.717, 1.165) is 5.56 Å². The maximum Gasteiger partial charge on any atom is 0.215 e. The Kier molecular flexibility index (Phi) is 4.31. The third-order valence-corrected chi connectivity index (χ3v) is 2.23. The average molecular weight is 223 g/mol. The molecule has 0 fully saturated rings. The highest BCUT2D eigenvalue weighted by molar-refractivity contribution is 5.80. The molecule has 1 rings (SSSR count). The quantitative estimate of drug-likeness (QED) is 0.606. The van der Waals surface area contributed by atoms with E-state index in [1.54, 1.807) is 19.1 Å². The summed E-state index contributed by atoms with van der Waals surface area (Å²) < 4.78 is 10.1. The van der Waals surface area contributed by atoms with E-state index in [-0.39, 0.29) is 5.90 Å². The van der Waals surface area contributed by atoms with Gasteiger partial charge in [-0.15, -0.1) is 0 Å². The maximum atomic E-state index is 9.93. The molecule has 1 aromatic rings. The number of hydrogen-bond donors (Lipinski definition) is 2. The van der Waals surface area contributed by atoms with Gasteiger partial charge in [-0.2, -0.15) is 0 Å². The second kappa shape index (κ2) is 5.51. The van der Waals surface area contributed by atoms with Crippen LogP contribution < -0.4 is 4.74 Å². The Labute approximate surface area is 95.3 Å². The van der Waals surface area contributed by atoms with Gasteiger partial charge in [0.25, 0.3) is 0 Å². The smallest absolute Gasteiger partial charge is 0.215 e. The first-order chi connectivity index (χ1) is 7.60. The molecule has 0 aliphatic carbocycles. The molecule has 4 heteroatoms. The predicted octanol–water partition coefficient (Wildman–Crippen LogP) is 2.05. The molecule has 0 spiro atoms. The molecule has 88 valence electrons. The Bertz CT molecular complexity index is 377. The van der Waals surface area contributed by atoms with Gasteiger partial charge in [0.1, 0.15) is 5.75 Å². The zero-order valence-corrected chi connectivity index (χ0v) is 9.78. The Hall–Kier alpha value is -1.55. The minimum absolute atomic E-state index is 0.161. The van der Waals surface area contributed by atoms with Crippen molar-refractivity contribution < 1.29 is 14.6 Å². The van der Waals surface area contributed by atoms with Crippen LogP contribution in [0.1, 0.15) is 24.2 Å². The monoisotopic (exact) mass is 223 g/mol. The third kappa shape index (κ3) is 2.73. The van der Waals surface area contributed by atoms with Gasteiger partial charge < -0.3 is 14.6 Å². The first kappa shape index (κ1) is 12.5. The molecule has 16 heavy (non-hydrogen) atoms. The SMILES string of the molecule is CCOC(=N)[C@@H](O)c1cc(C)ccc1OC. The summed E-state index contributed by atoms with van der Waals surface area (Å²) in [4.78, 5) is 0. The van der Waals surface area contributed by atoms with E-state index in [9.17, 15) is 5.11 Å². The van der Waals surface area contributed by atoms with Crippen LogP contribution in [0.2, 0.25) is 0 Å². The van der Waals surface area contributed by atoms with Crippen LogP contribution in [0, 0.1) is 12.3 Å². The maximum absolute atomic E-state index is 9.93. The number of aliphatic hydroxyl groups is 1. The minimum Gasteiger partial charge on any atom is -0.496 e. The van der Waals surface area contributed by atoms with Gasteiger partial charge in [-0.25, -0.2) is 0 Å². The van der Waals surface area contributed by atoms with Gasteiger partial charge in [0.05, 0.1) is 13.7 Å². The molecule has 1 aromatic carbocycles. The number of ether oxygens (including phenoxy) is 2. The van der Waals surface area contributed by atoms with Crippen LogP contribution in [-0.4, -0.2) is 24.7 Å². The molecule has 4 nitrogen and oxygen atoms in total. The van der Waals surface area contributed by atoms with Gasteiger partial charge in [-0.3, -0.25) is 5.41 Å². The highest BCUT2D eigenvalue weighted by Crippen LogP contribution is 2.27. The zero-order valence-electron chi connectivity index (χ0n) is 9.78. The van der Waals surface area contributed by atoms with Crippen molar-refractivity contribution in [1.82, 2.24) is 0 Å². The molecule has 0 unspecified atom stereocenters. The van der Waals surface area contributed by atoms with Crippen molar-refractivity contribution in [2.45, 2.75) is 20.0 Å². The predicted molar refractivity (Wildman–Crippen MR) is 62.0 cm³/mol. The summed E-state index contributed by atoms with van der Waals surface area (Å²) in [6, 6.07) is 5.45. The third-order valence-electron chi connectivity index (χ3n) is 2.23. The van der Waals surface area contributed by atoms with Crippen LogP contribution >= 0.6 is 0 Å². The lowest BCUT2D eigenvalue weighted by Crippen LogP contribution is -2.15. The topological polar surface area (TPSA) is 62.5 Å². The summed E-state index contributed by atoms with van der Waals surface area (Å²) >= 11 is 0. The lowest BCUT2D eigenvalue weighted by molar-refractivity contribution is 0.187. The van der Waals surface area contributed by atoms with Crippen molar-refractivity contribution in [3.63, 3.8) is 0 Å². The minimum atomic E-state index is -1.07. The molecule has 0 aromatic heterocycles. The van der Waals surface area contributed by atoms with Crippen molar-refractivity contribution in [1.29, 1.82) is 5.41 Å². The number of benzene rings is 1. The molecule has 0 aliphatic heterocycles. The lowest BCUT2D eigenvalue weighted by atomic mass is 10.1. The summed E-state index contributed by atoms with van der Waals surface area (Å²) in [5, 5.41) is 17.5. The molecular weight excluding hydrogens is 206 g/mol. The average Bonchev–Trinajstić information content (AvgIpc) is 2.28. The highest BCUT2D eigenvalue weighted by Gasteiger charge is 2.19. The molecule has 1 atom stereocenters. The molecule has 2 N–H and O–H groups in total. The van der Waals surface area contributed by atoms with Crippen LogP contribution in [0.4, 0.5) is 0 Å². The Morgan fingerprint density at radius 1 is 1.50 bits per heavy atom. The number of aryl methyl sites for hydroxylation is 1. The molecule has 0 bridgehead atoms. The van der Waals surface area contributed by atoms with Crippen molar-refractivity contribution in [2.75, 3.05) is 13.7 Å². The van der Waals surface area contributed by atoms with Crippen LogP contribution in [-0.2, 0) is 4.74 Å². The molecule has 0 saturated heterocycles. The largest absolute Gasteiger partial charge is 0.496 e. The molecule has 0 aliphatic rings. The number of methoxy groups -OCH3 is 1. The van der Waals surface area contributed by atoms with Gasteiger partial charge in [0.15, 0.2) is 6.10 Å². The summed E-state index contributed by atoms with van der Waals surface area (Å²) in [5.74, 6) is 0.397. The normalized spacial score (nSPS) is 12.0. The van der Waals surface area contributed by atoms with Gasteiger partial charge in [-0.05, 0) is 26.0 Å². The second-order valence-electron chi connectivity index (χ2n) is 3.45. The van der Waals surface area contributed by atoms with Gasteiger partial charge in [0, 0.05) is 5.56 Å². The molecule has 0 amide bonds. The van der Waals surface area contributed by atoms with Crippen LogP contribution in [0.5, 0.6) is 5.75 Å². The molecule has 0 heterocycles. The number of hydrogen-bond acceptors (Lipinski definition) is 4. The summed E-state index contributed by atoms with van der Waals surface area (Å²) in [6.07, 6.45) is -1.07.